The van der Waals surface area contributed by atoms with E-state index in [1.807, 2.05) is 20.8 Å². The SMILES string of the molecule is CCCCn1c(N)c(N(C)C(=O)c2cc3cnn(C(C)C)c3nc2C)c(=O)[nH]c1=O. The Bertz CT molecular complexity index is 1220. The van der Waals surface area contributed by atoms with E-state index >= 15 is 0 Å². The van der Waals surface area contributed by atoms with E-state index < -0.39 is 17.2 Å². The highest BCUT2D eigenvalue weighted by molar-refractivity contribution is 6.08. The average Bonchev–Trinajstić information content (AvgIpc) is 3.09. The summed E-state index contributed by atoms with van der Waals surface area (Å²) in [7, 11) is 1.46. The summed E-state index contributed by atoms with van der Waals surface area (Å²) >= 11 is 0. The third-order valence-electron chi connectivity index (χ3n) is 5.07. The number of nitrogens with two attached hydrogens (primary N) is 1. The summed E-state index contributed by atoms with van der Waals surface area (Å²) in [5.74, 6) is -0.482. The lowest BCUT2D eigenvalue weighted by Crippen LogP contribution is -2.39. The second kappa shape index (κ2) is 8.13. The molecule has 0 saturated heterocycles. The van der Waals surface area contributed by atoms with Gasteiger partial charge in [0.15, 0.2) is 11.3 Å². The Balaban J connectivity index is 2.07. The number of nitrogens with one attached hydrogen (secondary N) is 1. The van der Waals surface area contributed by atoms with Gasteiger partial charge in [-0.3, -0.25) is 19.1 Å². The molecule has 3 heterocycles. The predicted molar refractivity (Wildman–Crippen MR) is 116 cm³/mol. The van der Waals surface area contributed by atoms with Crippen LogP contribution in [0.4, 0.5) is 11.5 Å². The van der Waals surface area contributed by atoms with Gasteiger partial charge in [-0.25, -0.2) is 14.5 Å². The fourth-order valence-electron chi connectivity index (χ4n) is 3.38. The Kier molecular flexibility index (Phi) is 5.77. The number of H-pyrrole nitrogens is 1. The van der Waals surface area contributed by atoms with Crippen molar-refractivity contribution in [1.82, 2.24) is 24.3 Å². The van der Waals surface area contributed by atoms with Gasteiger partial charge in [-0.1, -0.05) is 13.3 Å². The van der Waals surface area contributed by atoms with Crippen molar-refractivity contribution in [3.63, 3.8) is 0 Å². The molecule has 3 aromatic rings. The lowest BCUT2D eigenvalue weighted by Gasteiger charge is -2.21. The van der Waals surface area contributed by atoms with Gasteiger partial charge in [0.1, 0.15) is 5.82 Å². The number of hydrogen-bond donors (Lipinski definition) is 2. The molecule has 3 rings (SSSR count). The standard InChI is InChI=1S/C20H27N7O3/c1-6-7-8-26-16(21)15(18(28)24-20(26)30)25(5)19(29)14-9-13-10-22-27(11(2)3)17(13)23-12(14)4/h9-11H,6-8,21H2,1-5H3,(H,24,28,30). The van der Waals surface area contributed by atoms with E-state index in [2.05, 4.69) is 15.1 Å². The zero-order chi connectivity index (χ0) is 22.2. The number of aromatic nitrogens is 5. The van der Waals surface area contributed by atoms with Gasteiger partial charge in [0.05, 0.1) is 17.5 Å². The molecule has 0 aliphatic heterocycles. The van der Waals surface area contributed by atoms with Crippen LogP contribution in [0.3, 0.4) is 0 Å². The molecule has 0 aliphatic rings. The lowest BCUT2D eigenvalue weighted by molar-refractivity contribution is 0.0992. The number of pyridine rings is 1. The summed E-state index contributed by atoms with van der Waals surface area (Å²) in [4.78, 5) is 45.8. The number of nitrogens with zero attached hydrogens (tertiary/aromatic N) is 5. The molecule has 3 aromatic heterocycles. The van der Waals surface area contributed by atoms with Crippen LogP contribution in [-0.4, -0.2) is 37.3 Å². The van der Waals surface area contributed by atoms with E-state index in [0.717, 1.165) is 11.8 Å². The maximum atomic E-state index is 13.2. The average molecular weight is 413 g/mol. The molecule has 0 radical (unpaired) electrons. The minimum Gasteiger partial charge on any atom is -0.383 e. The van der Waals surface area contributed by atoms with Gasteiger partial charge in [-0.2, -0.15) is 5.10 Å². The molecule has 10 nitrogen and oxygen atoms in total. The first kappa shape index (κ1) is 21.3. The number of anilines is 2. The minimum absolute atomic E-state index is 0.0348. The Labute approximate surface area is 173 Å². The molecule has 10 heteroatoms. The first-order chi connectivity index (χ1) is 14.2. The Morgan fingerprint density at radius 1 is 1.33 bits per heavy atom. The van der Waals surface area contributed by atoms with Crippen molar-refractivity contribution in [1.29, 1.82) is 0 Å². The van der Waals surface area contributed by atoms with Crippen LogP contribution in [0.25, 0.3) is 11.0 Å². The summed E-state index contributed by atoms with van der Waals surface area (Å²) in [6.07, 6.45) is 3.22. The van der Waals surface area contributed by atoms with Crippen LogP contribution in [-0.2, 0) is 6.54 Å². The number of hydrogen-bond acceptors (Lipinski definition) is 6. The zero-order valence-corrected chi connectivity index (χ0v) is 17.9. The molecule has 1 amide bonds. The highest BCUT2D eigenvalue weighted by Gasteiger charge is 2.24. The second-order valence-electron chi connectivity index (χ2n) is 7.58. The first-order valence-corrected chi connectivity index (χ1v) is 9.92. The smallest absolute Gasteiger partial charge is 0.330 e. The minimum atomic E-state index is -0.708. The van der Waals surface area contributed by atoms with Gasteiger partial charge in [0, 0.05) is 25.0 Å². The van der Waals surface area contributed by atoms with E-state index in [-0.39, 0.29) is 17.5 Å². The summed E-state index contributed by atoms with van der Waals surface area (Å²) in [6, 6.07) is 1.83. The fourth-order valence-corrected chi connectivity index (χ4v) is 3.38. The van der Waals surface area contributed by atoms with Crippen molar-refractivity contribution < 1.29 is 4.79 Å². The van der Waals surface area contributed by atoms with Crippen LogP contribution in [0.1, 0.15) is 55.7 Å². The third-order valence-corrected chi connectivity index (χ3v) is 5.07. The van der Waals surface area contributed by atoms with Gasteiger partial charge in [-0.15, -0.1) is 0 Å². The topological polar surface area (TPSA) is 132 Å². The van der Waals surface area contributed by atoms with Gasteiger partial charge in [0.25, 0.3) is 11.5 Å². The zero-order valence-electron chi connectivity index (χ0n) is 17.9. The predicted octanol–water partition coefficient (Wildman–Crippen LogP) is 1.83. The van der Waals surface area contributed by atoms with Crippen LogP contribution in [0, 0.1) is 6.92 Å². The van der Waals surface area contributed by atoms with Gasteiger partial charge in [-0.05, 0) is 33.3 Å². The van der Waals surface area contributed by atoms with Crippen molar-refractivity contribution in [3.8, 4) is 0 Å². The normalized spacial score (nSPS) is 11.4. The summed E-state index contributed by atoms with van der Waals surface area (Å²) in [5, 5.41) is 5.06. The number of aromatic amines is 1. The van der Waals surface area contributed by atoms with Crippen molar-refractivity contribution in [2.75, 3.05) is 17.7 Å². The van der Waals surface area contributed by atoms with Gasteiger partial charge < -0.3 is 10.6 Å². The third kappa shape index (κ3) is 3.60. The van der Waals surface area contributed by atoms with E-state index in [0.29, 0.717) is 29.9 Å². The fraction of sp³-hybridized carbons (Fsp3) is 0.450. The van der Waals surface area contributed by atoms with Crippen LogP contribution in [0.5, 0.6) is 0 Å². The van der Waals surface area contributed by atoms with E-state index in [4.69, 9.17) is 5.73 Å². The number of carbonyl (C=O) groups is 1. The van der Waals surface area contributed by atoms with Crippen LogP contribution < -0.4 is 21.9 Å². The number of aryl methyl sites for hydroxylation is 1. The monoisotopic (exact) mass is 413 g/mol. The molecule has 0 bridgehead atoms. The highest BCUT2D eigenvalue weighted by Crippen LogP contribution is 2.23. The molecule has 3 N–H and O–H groups in total. The lowest BCUT2D eigenvalue weighted by atomic mass is 10.1. The molecule has 0 aliphatic carbocycles. The largest absolute Gasteiger partial charge is 0.383 e. The Morgan fingerprint density at radius 3 is 2.67 bits per heavy atom. The van der Waals surface area contributed by atoms with Crippen molar-refractivity contribution in [2.45, 2.75) is 53.1 Å². The molecule has 0 saturated carbocycles. The second-order valence-corrected chi connectivity index (χ2v) is 7.58. The molecule has 0 fully saturated rings. The molecule has 0 atom stereocenters. The molecule has 30 heavy (non-hydrogen) atoms. The Hall–Kier alpha value is -3.43. The van der Waals surface area contributed by atoms with Crippen LogP contribution in [0.2, 0.25) is 0 Å². The quantitative estimate of drug-likeness (QED) is 0.634. The number of nitrogen functional groups attached to an aromatic ring is 1. The summed E-state index contributed by atoms with van der Waals surface area (Å²) < 4.78 is 3.07. The highest BCUT2D eigenvalue weighted by atomic mass is 16.2. The molecular weight excluding hydrogens is 386 g/mol. The van der Waals surface area contributed by atoms with Crippen LogP contribution >= 0.6 is 0 Å². The number of unbranched alkanes of at least 4 members (excludes halogenated alkanes) is 1. The molecule has 0 unspecified atom stereocenters. The molecular formula is C20H27N7O3. The number of rotatable bonds is 6. The molecule has 0 aromatic carbocycles. The van der Waals surface area contributed by atoms with Crippen molar-refractivity contribution >= 4 is 28.4 Å². The summed E-state index contributed by atoms with van der Waals surface area (Å²) in [6.45, 7) is 8.07. The van der Waals surface area contributed by atoms with E-state index in [1.165, 1.54) is 16.5 Å². The summed E-state index contributed by atoms with van der Waals surface area (Å²) in [5.41, 5.74) is 6.30. The van der Waals surface area contributed by atoms with Crippen molar-refractivity contribution in [3.05, 3.63) is 44.4 Å². The maximum Gasteiger partial charge on any atom is 0.330 e. The Morgan fingerprint density at radius 2 is 2.03 bits per heavy atom. The van der Waals surface area contributed by atoms with Gasteiger partial charge >= 0.3 is 5.69 Å². The molecule has 160 valence electrons. The number of amides is 1. The van der Waals surface area contributed by atoms with Crippen LogP contribution in [0.15, 0.2) is 21.9 Å². The van der Waals surface area contributed by atoms with E-state index in [9.17, 15) is 14.4 Å². The van der Waals surface area contributed by atoms with E-state index in [1.54, 1.807) is 23.9 Å². The molecule has 0 spiro atoms. The first-order valence-electron chi connectivity index (χ1n) is 9.92. The van der Waals surface area contributed by atoms with Gasteiger partial charge in [0.2, 0.25) is 0 Å². The maximum absolute atomic E-state index is 13.2. The number of carbonyl (C=O) groups excluding carboxylic acids is 1. The van der Waals surface area contributed by atoms with Crippen molar-refractivity contribution in [2.24, 2.45) is 0 Å². The number of fused-ring (bicyclic) bond motifs is 1.